The van der Waals surface area contributed by atoms with Crippen molar-refractivity contribution in [2.75, 3.05) is 6.61 Å². The molecule has 0 saturated heterocycles. The van der Waals surface area contributed by atoms with Crippen LogP contribution in [-0.4, -0.2) is 18.2 Å². The van der Waals surface area contributed by atoms with Crippen molar-refractivity contribution >= 4 is 0 Å². The Labute approximate surface area is 98.0 Å². The van der Waals surface area contributed by atoms with E-state index in [0.717, 1.165) is 25.0 Å². The quantitative estimate of drug-likeness (QED) is 0.776. The lowest BCUT2D eigenvalue weighted by atomic mass is 9.86. The third-order valence-electron chi connectivity index (χ3n) is 3.31. The van der Waals surface area contributed by atoms with Crippen molar-refractivity contribution in [2.45, 2.75) is 51.7 Å². The molecule has 0 fully saturated rings. The maximum atomic E-state index is 6.27. The SMILES string of the molecule is CCOC(CC)(CC)C(N)Cc1ccco1. The highest BCUT2D eigenvalue weighted by Crippen LogP contribution is 2.26. The molecular weight excluding hydrogens is 202 g/mol. The first-order valence-corrected chi connectivity index (χ1v) is 6.10. The number of nitrogens with two attached hydrogens (primary N) is 1. The molecule has 0 aliphatic rings. The van der Waals surface area contributed by atoms with Crippen molar-refractivity contribution in [2.24, 2.45) is 5.73 Å². The summed E-state index contributed by atoms with van der Waals surface area (Å²) in [5.41, 5.74) is 6.05. The van der Waals surface area contributed by atoms with Gasteiger partial charge in [0.1, 0.15) is 5.76 Å². The first-order chi connectivity index (χ1) is 7.68. The van der Waals surface area contributed by atoms with Crippen LogP contribution < -0.4 is 5.73 Å². The van der Waals surface area contributed by atoms with Gasteiger partial charge in [-0.15, -0.1) is 0 Å². The molecule has 0 bridgehead atoms. The van der Waals surface area contributed by atoms with Gasteiger partial charge in [0.2, 0.25) is 0 Å². The monoisotopic (exact) mass is 225 g/mol. The average Bonchev–Trinajstić information content (AvgIpc) is 2.78. The van der Waals surface area contributed by atoms with E-state index in [-0.39, 0.29) is 11.6 Å². The molecule has 3 heteroatoms. The topological polar surface area (TPSA) is 48.4 Å². The number of furan rings is 1. The normalized spacial score (nSPS) is 14.0. The lowest BCUT2D eigenvalue weighted by molar-refractivity contribution is -0.0641. The summed E-state index contributed by atoms with van der Waals surface area (Å²) < 4.78 is 11.2. The van der Waals surface area contributed by atoms with Crippen molar-refractivity contribution in [1.29, 1.82) is 0 Å². The van der Waals surface area contributed by atoms with Crippen LogP contribution in [0.15, 0.2) is 22.8 Å². The van der Waals surface area contributed by atoms with Gasteiger partial charge in [-0.05, 0) is 31.9 Å². The summed E-state index contributed by atoms with van der Waals surface area (Å²) >= 11 is 0. The molecule has 1 unspecified atom stereocenters. The van der Waals surface area contributed by atoms with E-state index >= 15 is 0 Å². The first kappa shape index (κ1) is 13.3. The molecule has 0 amide bonds. The van der Waals surface area contributed by atoms with Crippen molar-refractivity contribution in [3.05, 3.63) is 24.2 Å². The summed E-state index contributed by atoms with van der Waals surface area (Å²) in [5.74, 6) is 0.929. The smallest absolute Gasteiger partial charge is 0.105 e. The van der Waals surface area contributed by atoms with Gasteiger partial charge in [-0.1, -0.05) is 13.8 Å². The van der Waals surface area contributed by atoms with Gasteiger partial charge in [0, 0.05) is 19.1 Å². The van der Waals surface area contributed by atoms with E-state index in [1.807, 2.05) is 19.1 Å². The predicted molar refractivity (Wildman–Crippen MR) is 65.3 cm³/mol. The Kier molecular flexibility index (Phi) is 5.03. The zero-order valence-corrected chi connectivity index (χ0v) is 10.5. The molecule has 92 valence electrons. The fourth-order valence-electron chi connectivity index (χ4n) is 2.20. The Hall–Kier alpha value is -0.800. The molecule has 0 aromatic carbocycles. The van der Waals surface area contributed by atoms with Crippen LogP contribution in [0.5, 0.6) is 0 Å². The molecule has 0 saturated carbocycles. The van der Waals surface area contributed by atoms with Gasteiger partial charge in [-0.2, -0.15) is 0 Å². The lowest BCUT2D eigenvalue weighted by Crippen LogP contribution is -2.50. The third kappa shape index (κ3) is 2.86. The van der Waals surface area contributed by atoms with Crippen LogP contribution >= 0.6 is 0 Å². The maximum absolute atomic E-state index is 6.27. The van der Waals surface area contributed by atoms with E-state index in [1.165, 1.54) is 0 Å². The second kappa shape index (κ2) is 6.06. The number of rotatable bonds is 7. The van der Waals surface area contributed by atoms with E-state index in [2.05, 4.69) is 13.8 Å². The van der Waals surface area contributed by atoms with Crippen molar-refractivity contribution in [1.82, 2.24) is 0 Å². The van der Waals surface area contributed by atoms with Crippen LogP contribution in [0, 0.1) is 0 Å². The minimum atomic E-state index is -0.221. The summed E-state index contributed by atoms with van der Waals surface area (Å²) in [5, 5.41) is 0. The van der Waals surface area contributed by atoms with E-state index < -0.39 is 0 Å². The minimum Gasteiger partial charge on any atom is -0.469 e. The molecule has 1 atom stereocenters. The largest absolute Gasteiger partial charge is 0.469 e. The van der Waals surface area contributed by atoms with Crippen molar-refractivity contribution in [3.63, 3.8) is 0 Å². The zero-order valence-electron chi connectivity index (χ0n) is 10.5. The van der Waals surface area contributed by atoms with Crippen LogP contribution in [0.25, 0.3) is 0 Å². The third-order valence-corrected chi connectivity index (χ3v) is 3.31. The van der Waals surface area contributed by atoms with Gasteiger partial charge in [0.05, 0.1) is 11.9 Å². The molecular formula is C13H23NO2. The molecule has 0 aliphatic heterocycles. The van der Waals surface area contributed by atoms with Crippen LogP contribution in [-0.2, 0) is 11.2 Å². The Morgan fingerprint density at radius 3 is 2.50 bits per heavy atom. The fraction of sp³-hybridized carbons (Fsp3) is 0.692. The molecule has 0 aliphatic carbocycles. The molecule has 1 aromatic heterocycles. The van der Waals surface area contributed by atoms with E-state index in [4.69, 9.17) is 14.9 Å². The molecule has 16 heavy (non-hydrogen) atoms. The zero-order chi connectivity index (χ0) is 12.0. The lowest BCUT2D eigenvalue weighted by Gasteiger charge is -2.37. The number of hydrogen-bond donors (Lipinski definition) is 1. The second-order valence-corrected chi connectivity index (χ2v) is 4.09. The van der Waals surface area contributed by atoms with Crippen LogP contribution in [0.2, 0.25) is 0 Å². The van der Waals surface area contributed by atoms with Gasteiger partial charge in [0.25, 0.3) is 0 Å². The van der Waals surface area contributed by atoms with Gasteiger partial charge in [-0.25, -0.2) is 0 Å². The van der Waals surface area contributed by atoms with Crippen LogP contribution in [0.4, 0.5) is 0 Å². The summed E-state index contributed by atoms with van der Waals surface area (Å²) in [7, 11) is 0. The van der Waals surface area contributed by atoms with Gasteiger partial charge in [0.15, 0.2) is 0 Å². The molecule has 1 aromatic rings. The van der Waals surface area contributed by atoms with Gasteiger partial charge >= 0.3 is 0 Å². The summed E-state index contributed by atoms with van der Waals surface area (Å²) in [6, 6.07) is 3.83. The molecule has 2 N–H and O–H groups in total. The van der Waals surface area contributed by atoms with Crippen molar-refractivity contribution in [3.8, 4) is 0 Å². The highest BCUT2D eigenvalue weighted by molar-refractivity contribution is 5.04. The maximum Gasteiger partial charge on any atom is 0.105 e. The standard InChI is InChI=1S/C13H23NO2/c1-4-13(5-2,16-6-3)12(14)10-11-8-7-9-15-11/h7-9,12H,4-6,10,14H2,1-3H3. The van der Waals surface area contributed by atoms with Crippen molar-refractivity contribution < 1.29 is 9.15 Å². The summed E-state index contributed by atoms with van der Waals surface area (Å²) in [6.45, 7) is 6.97. The molecule has 0 radical (unpaired) electrons. The predicted octanol–water partition coefficient (Wildman–Crippen LogP) is 2.74. The van der Waals surface area contributed by atoms with Gasteiger partial charge < -0.3 is 14.9 Å². The Morgan fingerprint density at radius 2 is 2.06 bits per heavy atom. The molecule has 1 heterocycles. The Bertz CT molecular complexity index is 278. The number of hydrogen-bond acceptors (Lipinski definition) is 3. The highest BCUT2D eigenvalue weighted by atomic mass is 16.5. The molecule has 0 spiro atoms. The first-order valence-electron chi connectivity index (χ1n) is 6.10. The van der Waals surface area contributed by atoms with E-state index in [0.29, 0.717) is 6.61 Å². The average molecular weight is 225 g/mol. The van der Waals surface area contributed by atoms with Crippen LogP contribution in [0.1, 0.15) is 39.4 Å². The fourth-order valence-corrected chi connectivity index (χ4v) is 2.20. The minimum absolute atomic E-state index is 0.0198. The Balaban J connectivity index is 2.70. The summed E-state index contributed by atoms with van der Waals surface area (Å²) in [6.07, 6.45) is 4.27. The Morgan fingerprint density at radius 1 is 1.38 bits per heavy atom. The number of ether oxygens (including phenoxy) is 1. The van der Waals surface area contributed by atoms with Crippen LogP contribution in [0.3, 0.4) is 0 Å². The van der Waals surface area contributed by atoms with E-state index in [9.17, 15) is 0 Å². The molecule has 3 nitrogen and oxygen atoms in total. The van der Waals surface area contributed by atoms with Gasteiger partial charge in [-0.3, -0.25) is 0 Å². The molecule has 1 rings (SSSR count). The highest BCUT2D eigenvalue weighted by Gasteiger charge is 2.34. The van der Waals surface area contributed by atoms with E-state index in [1.54, 1.807) is 6.26 Å². The second-order valence-electron chi connectivity index (χ2n) is 4.09. The summed E-state index contributed by atoms with van der Waals surface area (Å²) in [4.78, 5) is 0.